The topological polar surface area (TPSA) is 21.3 Å². The van der Waals surface area contributed by atoms with E-state index in [1.807, 2.05) is 6.92 Å². The Labute approximate surface area is 91.2 Å². The molecule has 0 heterocycles. The predicted octanol–water partition coefficient (Wildman–Crippen LogP) is 2.54. The normalized spacial score (nSPS) is 17.8. The molecule has 1 aliphatic carbocycles. The molecule has 1 N–H and O–H groups in total. The van der Waals surface area contributed by atoms with Crippen LogP contribution in [0, 0.1) is 0 Å². The second kappa shape index (κ2) is 9.68. The maximum Gasteiger partial charge on any atom is 0.170 e. The van der Waals surface area contributed by atoms with Crippen LogP contribution in [0.5, 0.6) is 0 Å². The van der Waals surface area contributed by atoms with Gasteiger partial charge in [-0.1, -0.05) is 19.3 Å². The van der Waals surface area contributed by atoms with Gasteiger partial charge >= 0.3 is 0 Å². The van der Waals surface area contributed by atoms with Gasteiger partial charge in [-0.05, 0) is 39.9 Å². The van der Waals surface area contributed by atoms with E-state index in [2.05, 4.69) is 25.5 Å². The van der Waals surface area contributed by atoms with Crippen molar-refractivity contribution in [3.8, 4) is 0 Å². The van der Waals surface area contributed by atoms with Crippen molar-refractivity contribution in [3.63, 3.8) is 0 Å². The van der Waals surface area contributed by atoms with Crippen LogP contribution >= 0.6 is 0 Å². The Morgan fingerprint density at radius 3 is 2.00 bits per heavy atom. The summed E-state index contributed by atoms with van der Waals surface area (Å²) in [6.45, 7) is 7.27. The van der Waals surface area contributed by atoms with Gasteiger partial charge < -0.3 is 9.74 Å². The summed E-state index contributed by atoms with van der Waals surface area (Å²) < 4.78 is 5.18. The molecule has 0 aliphatic heterocycles. The summed E-state index contributed by atoms with van der Waals surface area (Å²) in [6, 6.07) is 0.837. The quantitative estimate of drug-likeness (QED) is 0.734. The summed E-state index contributed by atoms with van der Waals surface area (Å²) in [5.74, 6) is 0. The maximum atomic E-state index is 5.18. The van der Waals surface area contributed by atoms with Crippen LogP contribution in [-0.4, -0.2) is 28.7 Å². The molecular weight excluding hydrogens is 190 g/mol. The summed E-state index contributed by atoms with van der Waals surface area (Å²) >= 11 is 0. The Morgan fingerprint density at radius 1 is 1.21 bits per heavy atom. The Bertz CT molecular complexity index is 114. The minimum atomic E-state index is -0.671. The molecule has 86 valence electrons. The largest absolute Gasteiger partial charge is 0.421 e. The van der Waals surface area contributed by atoms with E-state index in [0.29, 0.717) is 0 Å². The zero-order valence-electron chi connectivity index (χ0n) is 10.3. The van der Waals surface area contributed by atoms with Gasteiger partial charge in [0.15, 0.2) is 9.04 Å². The van der Waals surface area contributed by atoms with Crippen LogP contribution in [0.3, 0.4) is 0 Å². The zero-order valence-corrected chi connectivity index (χ0v) is 11.5. The highest BCUT2D eigenvalue weighted by molar-refractivity contribution is 6.48. The van der Waals surface area contributed by atoms with Crippen molar-refractivity contribution in [1.82, 2.24) is 5.32 Å². The van der Waals surface area contributed by atoms with Gasteiger partial charge in [-0.15, -0.1) is 0 Å². The third-order valence-corrected chi connectivity index (χ3v) is 3.51. The SMILES string of the molecule is CCO[SiH](C)C.CNC1CCCCC1. The highest BCUT2D eigenvalue weighted by Gasteiger charge is 2.09. The number of rotatable bonds is 3. The van der Waals surface area contributed by atoms with Crippen molar-refractivity contribution in [1.29, 1.82) is 0 Å². The molecule has 14 heavy (non-hydrogen) atoms. The molecular formula is C11H27NOSi. The fraction of sp³-hybridized carbons (Fsp3) is 1.00. The fourth-order valence-electron chi connectivity index (χ4n) is 1.72. The van der Waals surface area contributed by atoms with Crippen molar-refractivity contribution in [2.24, 2.45) is 0 Å². The highest BCUT2D eigenvalue weighted by Crippen LogP contribution is 2.16. The van der Waals surface area contributed by atoms with E-state index in [0.717, 1.165) is 12.6 Å². The second-order valence-corrected chi connectivity index (χ2v) is 6.56. The van der Waals surface area contributed by atoms with Gasteiger partial charge in [-0.3, -0.25) is 0 Å². The van der Waals surface area contributed by atoms with E-state index in [1.165, 1.54) is 32.1 Å². The summed E-state index contributed by atoms with van der Waals surface area (Å²) in [7, 11) is 1.39. The first-order valence-electron chi connectivity index (χ1n) is 5.99. The lowest BCUT2D eigenvalue weighted by molar-refractivity contribution is 0.350. The van der Waals surface area contributed by atoms with Crippen LogP contribution in [0.25, 0.3) is 0 Å². The summed E-state index contributed by atoms with van der Waals surface area (Å²) in [5.41, 5.74) is 0. The second-order valence-electron chi connectivity index (χ2n) is 4.13. The van der Waals surface area contributed by atoms with E-state index in [1.54, 1.807) is 0 Å². The van der Waals surface area contributed by atoms with E-state index in [4.69, 9.17) is 4.43 Å². The molecule has 0 aromatic heterocycles. The number of hydrogen-bond donors (Lipinski definition) is 1. The molecule has 0 aromatic rings. The Hall–Kier alpha value is 0.137. The average Bonchev–Trinajstić information content (AvgIpc) is 2.20. The van der Waals surface area contributed by atoms with Crippen molar-refractivity contribution in [3.05, 3.63) is 0 Å². The standard InChI is InChI=1S/C7H15N.C4H12OSi/c1-8-7-5-3-2-4-6-7;1-4-5-6(2)3/h7-8H,2-6H2,1H3;6H,4H2,1-3H3. The van der Waals surface area contributed by atoms with E-state index >= 15 is 0 Å². The van der Waals surface area contributed by atoms with Crippen molar-refractivity contribution in [2.45, 2.75) is 58.2 Å². The zero-order chi connectivity index (χ0) is 10.8. The molecule has 3 heteroatoms. The van der Waals surface area contributed by atoms with Crippen molar-refractivity contribution in [2.75, 3.05) is 13.7 Å². The van der Waals surface area contributed by atoms with Crippen molar-refractivity contribution < 1.29 is 4.43 Å². The fourth-order valence-corrected chi connectivity index (χ4v) is 2.39. The van der Waals surface area contributed by atoms with Gasteiger partial charge in [0.05, 0.1) is 0 Å². The van der Waals surface area contributed by atoms with E-state index in [9.17, 15) is 0 Å². The minimum Gasteiger partial charge on any atom is -0.421 e. The smallest absolute Gasteiger partial charge is 0.170 e. The predicted molar refractivity (Wildman–Crippen MR) is 66.4 cm³/mol. The van der Waals surface area contributed by atoms with E-state index in [-0.39, 0.29) is 0 Å². The molecule has 2 nitrogen and oxygen atoms in total. The molecule has 0 atom stereocenters. The Balaban J connectivity index is 0.000000255. The van der Waals surface area contributed by atoms with E-state index < -0.39 is 9.04 Å². The Kier molecular flexibility index (Phi) is 9.78. The first kappa shape index (κ1) is 14.1. The third-order valence-electron chi connectivity index (χ3n) is 2.51. The van der Waals surface area contributed by atoms with Crippen molar-refractivity contribution >= 4 is 9.04 Å². The lowest BCUT2D eigenvalue weighted by Gasteiger charge is -2.20. The monoisotopic (exact) mass is 217 g/mol. The van der Waals surface area contributed by atoms with Gasteiger partial charge in [0.2, 0.25) is 0 Å². The minimum absolute atomic E-state index is 0.671. The summed E-state index contributed by atoms with van der Waals surface area (Å²) in [4.78, 5) is 0. The molecule has 0 amide bonds. The molecule has 0 radical (unpaired) electrons. The van der Waals surface area contributed by atoms with Crippen LogP contribution in [-0.2, 0) is 4.43 Å². The molecule has 1 saturated carbocycles. The first-order valence-corrected chi connectivity index (χ1v) is 8.77. The average molecular weight is 217 g/mol. The van der Waals surface area contributed by atoms with Crippen LogP contribution in [0.1, 0.15) is 39.0 Å². The number of hydrogen-bond acceptors (Lipinski definition) is 2. The third kappa shape index (κ3) is 8.72. The lowest BCUT2D eigenvalue weighted by Crippen LogP contribution is -2.26. The molecule has 0 bridgehead atoms. The highest BCUT2D eigenvalue weighted by atomic mass is 28.3. The van der Waals surface area contributed by atoms with Gasteiger partial charge in [-0.25, -0.2) is 0 Å². The van der Waals surface area contributed by atoms with Gasteiger partial charge in [0.25, 0.3) is 0 Å². The van der Waals surface area contributed by atoms with Crippen LogP contribution in [0.2, 0.25) is 13.1 Å². The van der Waals surface area contributed by atoms with Crippen LogP contribution in [0.4, 0.5) is 0 Å². The van der Waals surface area contributed by atoms with Crippen LogP contribution < -0.4 is 5.32 Å². The molecule has 1 rings (SSSR count). The Morgan fingerprint density at radius 2 is 1.79 bits per heavy atom. The van der Waals surface area contributed by atoms with Gasteiger partial charge in [0.1, 0.15) is 0 Å². The molecule has 0 unspecified atom stereocenters. The molecule has 0 saturated heterocycles. The first-order chi connectivity index (χ1) is 6.70. The molecule has 0 aromatic carbocycles. The number of nitrogens with one attached hydrogen (secondary N) is 1. The van der Waals surface area contributed by atoms with Gasteiger partial charge in [0, 0.05) is 12.6 Å². The molecule has 0 spiro atoms. The molecule has 1 aliphatic rings. The molecule has 1 fully saturated rings. The summed E-state index contributed by atoms with van der Waals surface area (Å²) in [5, 5.41) is 3.30. The summed E-state index contributed by atoms with van der Waals surface area (Å²) in [6.07, 6.45) is 7.13. The lowest BCUT2D eigenvalue weighted by atomic mass is 9.96. The maximum absolute atomic E-state index is 5.18. The van der Waals surface area contributed by atoms with Gasteiger partial charge in [-0.2, -0.15) is 0 Å². The van der Waals surface area contributed by atoms with Crippen LogP contribution in [0.15, 0.2) is 0 Å².